The summed E-state index contributed by atoms with van der Waals surface area (Å²) in [6, 6.07) is 9.18. The zero-order valence-corrected chi connectivity index (χ0v) is 11.3. The molecular weight excluding hydrogens is 274 g/mol. The molecule has 3 rings (SSSR count). The minimum atomic E-state index is -0.218. The second kappa shape index (κ2) is 5.66. The molecule has 0 unspecified atom stereocenters. The molecule has 0 aromatic carbocycles. The number of carbonyl (C=O) groups is 1. The SMILES string of the molecule is O=C(NCc1ccccn1)c1csc(-c2ccco2)n1. The number of carbonyl (C=O) groups excluding carboxylic acids is 1. The third-order valence-electron chi connectivity index (χ3n) is 2.62. The van der Waals surface area contributed by atoms with Crippen LogP contribution in [0.5, 0.6) is 0 Å². The Balaban J connectivity index is 1.66. The third kappa shape index (κ3) is 2.75. The van der Waals surface area contributed by atoms with E-state index in [1.165, 1.54) is 11.3 Å². The highest BCUT2D eigenvalue weighted by Gasteiger charge is 2.12. The first kappa shape index (κ1) is 12.6. The number of furan rings is 1. The van der Waals surface area contributed by atoms with Crippen LogP contribution in [0.3, 0.4) is 0 Å². The van der Waals surface area contributed by atoms with Crippen molar-refractivity contribution in [2.24, 2.45) is 0 Å². The summed E-state index contributed by atoms with van der Waals surface area (Å²) in [5, 5.41) is 5.19. The molecule has 0 atom stereocenters. The predicted octanol–water partition coefficient (Wildman–Crippen LogP) is 2.73. The van der Waals surface area contributed by atoms with Crippen LogP contribution in [0.2, 0.25) is 0 Å². The van der Waals surface area contributed by atoms with E-state index in [4.69, 9.17) is 4.42 Å². The zero-order valence-electron chi connectivity index (χ0n) is 10.4. The van der Waals surface area contributed by atoms with Crippen LogP contribution in [0.25, 0.3) is 10.8 Å². The molecule has 0 aliphatic rings. The van der Waals surface area contributed by atoms with Crippen molar-refractivity contribution in [2.45, 2.75) is 6.54 Å². The average Bonchev–Trinajstić information content (AvgIpc) is 3.16. The summed E-state index contributed by atoms with van der Waals surface area (Å²) in [6.45, 7) is 0.382. The fraction of sp³-hybridized carbons (Fsp3) is 0.0714. The number of amides is 1. The molecule has 100 valence electrons. The van der Waals surface area contributed by atoms with Gasteiger partial charge in [-0.05, 0) is 24.3 Å². The quantitative estimate of drug-likeness (QED) is 0.800. The van der Waals surface area contributed by atoms with Crippen LogP contribution >= 0.6 is 11.3 Å². The van der Waals surface area contributed by atoms with Gasteiger partial charge in [-0.1, -0.05) is 6.07 Å². The molecule has 1 amide bonds. The topological polar surface area (TPSA) is 68.0 Å². The van der Waals surface area contributed by atoms with E-state index in [1.54, 1.807) is 23.9 Å². The van der Waals surface area contributed by atoms with Crippen LogP contribution < -0.4 is 5.32 Å². The summed E-state index contributed by atoms with van der Waals surface area (Å²) in [7, 11) is 0. The van der Waals surface area contributed by atoms with Gasteiger partial charge in [0.05, 0.1) is 18.5 Å². The van der Waals surface area contributed by atoms with Crippen LogP contribution in [0.15, 0.2) is 52.6 Å². The van der Waals surface area contributed by atoms with Gasteiger partial charge in [-0.15, -0.1) is 11.3 Å². The molecule has 0 fully saturated rings. The Morgan fingerprint density at radius 3 is 3.00 bits per heavy atom. The van der Waals surface area contributed by atoms with Crippen molar-refractivity contribution in [2.75, 3.05) is 0 Å². The van der Waals surface area contributed by atoms with Gasteiger partial charge in [0.1, 0.15) is 5.69 Å². The maximum atomic E-state index is 12.0. The van der Waals surface area contributed by atoms with E-state index < -0.39 is 0 Å². The molecule has 0 radical (unpaired) electrons. The molecule has 0 aliphatic carbocycles. The summed E-state index contributed by atoms with van der Waals surface area (Å²) < 4.78 is 5.25. The molecule has 0 aliphatic heterocycles. The first-order chi connectivity index (χ1) is 9.83. The van der Waals surface area contributed by atoms with Gasteiger partial charge in [0.25, 0.3) is 5.91 Å². The second-order valence-electron chi connectivity index (χ2n) is 4.02. The van der Waals surface area contributed by atoms with Crippen LogP contribution in [-0.4, -0.2) is 15.9 Å². The van der Waals surface area contributed by atoms with E-state index in [-0.39, 0.29) is 5.91 Å². The molecule has 3 aromatic heterocycles. The Kier molecular flexibility index (Phi) is 3.56. The largest absolute Gasteiger partial charge is 0.462 e. The lowest BCUT2D eigenvalue weighted by atomic mass is 10.3. The van der Waals surface area contributed by atoms with Crippen molar-refractivity contribution < 1.29 is 9.21 Å². The lowest BCUT2D eigenvalue weighted by Crippen LogP contribution is -2.23. The molecule has 0 saturated heterocycles. The van der Waals surface area contributed by atoms with Crippen LogP contribution in [0.4, 0.5) is 0 Å². The summed E-state index contributed by atoms with van der Waals surface area (Å²) in [5.41, 5.74) is 1.19. The summed E-state index contributed by atoms with van der Waals surface area (Å²) in [5.74, 6) is 0.448. The highest BCUT2D eigenvalue weighted by molar-refractivity contribution is 7.13. The second-order valence-corrected chi connectivity index (χ2v) is 4.88. The lowest BCUT2D eigenvalue weighted by Gasteiger charge is -2.01. The molecule has 0 bridgehead atoms. The van der Waals surface area contributed by atoms with E-state index in [0.717, 1.165) is 5.69 Å². The highest BCUT2D eigenvalue weighted by atomic mass is 32.1. The molecule has 5 nitrogen and oxygen atoms in total. The number of pyridine rings is 1. The highest BCUT2D eigenvalue weighted by Crippen LogP contribution is 2.23. The Labute approximate surface area is 119 Å². The lowest BCUT2D eigenvalue weighted by molar-refractivity contribution is 0.0946. The van der Waals surface area contributed by atoms with Gasteiger partial charge in [-0.2, -0.15) is 0 Å². The first-order valence-corrected chi connectivity index (χ1v) is 6.88. The molecular formula is C14H11N3O2S. The van der Waals surface area contributed by atoms with Gasteiger partial charge < -0.3 is 9.73 Å². The number of thiazole rings is 1. The fourth-order valence-corrected chi connectivity index (χ4v) is 2.42. The molecule has 1 N–H and O–H groups in total. The van der Waals surface area contributed by atoms with Crippen molar-refractivity contribution in [1.82, 2.24) is 15.3 Å². The minimum absolute atomic E-state index is 0.218. The van der Waals surface area contributed by atoms with Crippen molar-refractivity contribution in [3.05, 3.63) is 59.6 Å². The number of nitrogens with one attached hydrogen (secondary N) is 1. The van der Waals surface area contributed by atoms with E-state index >= 15 is 0 Å². The molecule has 3 aromatic rings. The van der Waals surface area contributed by atoms with Gasteiger partial charge >= 0.3 is 0 Å². The van der Waals surface area contributed by atoms with E-state index in [9.17, 15) is 4.79 Å². The molecule has 3 heterocycles. The van der Waals surface area contributed by atoms with Crippen LogP contribution in [0.1, 0.15) is 16.2 Å². The Morgan fingerprint density at radius 1 is 1.30 bits per heavy atom. The minimum Gasteiger partial charge on any atom is -0.462 e. The molecule has 0 spiro atoms. The maximum Gasteiger partial charge on any atom is 0.271 e. The van der Waals surface area contributed by atoms with E-state index in [2.05, 4.69) is 15.3 Å². The van der Waals surface area contributed by atoms with Crippen molar-refractivity contribution >= 4 is 17.2 Å². The Morgan fingerprint density at radius 2 is 2.25 bits per heavy atom. The van der Waals surface area contributed by atoms with E-state index in [0.29, 0.717) is 23.0 Å². The Bertz CT molecular complexity index is 692. The van der Waals surface area contributed by atoms with Crippen molar-refractivity contribution in [1.29, 1.82) is 0 Å². The summed E-state index contributed by atoms with van der Waals surface area (Å²) in [6.07, 6.45) is 3.27. The van der Waals surface area contributed by atoms with Crippen molar-refractivity contribution in [3.8, 4) is 10.8 Å². The van der Waals surface area contributed by atoms with Crippen LogP contribution in [-0.2, 0) is 6.54 Å². The average molecular weight is 285 g/mol. The van der Waals surface area contributed by atoms with Crippen LogP contribution in [0, 0.1) is 0 Å². The van der Waals surface area contributed by atoms with Gasteiger partial charge in [-0.25, -0.2) is 4.98 Å². The fourth-order valence-electron chi connectivity index (χ4n) is 1.66. The summed E-state index contributed by atoms with van der Waals surface area (Å²) >= 11 is 1.38. The predicted molar refractivity (Wildman–Crippen MR) is 75.2 cm³/mol. The number of hydrogen-bond donors (Lipinski definition) is 1. The normalized spacial score (nSPS) is 10.4. The molecule has 6 heteroatoms. The number of hydrogen-bond acceptors (Lipinski definition) is 5. The smallest absolute Gasteiger partial charge is 0.271 e. The monoisotopic (exact) mass is 285 g/mol. The Hall–Kier alpha value is -2.47. The first-order valence-electron chi connectivity index (χ1n) is 6.00. The maximum absolute atomic E-state index is 12.0. The zero-order chi connectivity index (χ0) is 13.8. The van der Waals surface area contributed by atoms with Gasteiger partial charge in [0.15, 0.2) is 10.8 Å². The molecule has 20 heavy (non-hydrogen) atoms. The van der Waals surface area contributed by atoms with Gasteiger partial charge in [-0.3, -0.25) is 9.78 Å². The van der Waals surface area contributed by atoms with Crippen molar-refractivity contribution in [3.63, 3.8) is 0 Å². The standard InChI is InChI=1S/C14H11N3O2S/c18-13(16-8-10-4-1-2-6-15-10)11-9-20-14(17-11)12-5-3-7-19-12/h1-7,9H,8H2,(H,16,18). The third-order valence-corrected chi connectivity index (χ3v) is 3.48. The number of rotatable bonds is 4. The van der Waals surface area contributed by atoms with Gasteiger partial charge in [0, 0.05) is 11.6 Å². The van der Waals surface area contributed by atoms with Gasteiger partial charge in [0.2, 0.25) is 0 Å². The van der Waals surface area contributed by atoms with E-state index in [1.807, 2.05) is 24.3 Å². The number of nitrogens with zero attached hydrogens (tertiary/aromatic N) is 2. The number of aromatic nitrogens is 2. The summed E-state index contributed by atoms with van der Waals surface area (Å²) in [4.78, 5) is 20.4. The molecule has 0 saturated carbocycles.